The first-order valence-corrected chi connectivity index (χ1v) is 5.68. The van der Waals surface area contributed by atoms with Gasteiger partial charge in [-0.25, -0.2) is 0 Å². The van der Waals surface area contributed by atoms with E-state index in [0.29, 0.717) is 0 Å². The highest BCUT2D eigenvalue weighted by atomic mass is 16.5. The van der Waals surface area contributed by atoms with Crippen LogP contribution in [0, 0.1) is 6.92 Å². The summed E-state index contributed by atoms with van der Waals surface area (Å²) in [6.45, 7) is 4.23. The zero-order chi connectivity index (χ0) is 11.1. The highest BCUT2D eigenvalue weighted by Crippen LogP contribution is 2.37. The fourth-order valence-electron chi connectivity index (χ4n) is 2.14. The maximum absolute atomic E-state index is 5.93. The number of benzene rings is 1. The van der Waals surface area contributed by atoms with Crippen molar-refractivity contribution in [3.63, 3.8) is 0 Å². The average molecular weight is 213 g/mol. The van der Waals surface area contributed by atoms with Gasteiger partial charge in [-0.1, -0.05) is 11.6 Å². The van der Waals surface area contributed by atoms with Crippen molar-refractivity contribution in [3.05, 3.63) is 46.9 Å². The Labute approximate surface area is 95.6 Å². The van der Waals surface area contributed by atoms with Gasteiger partial charge in [-0.2, -0.15) is 0 Å². The van der Waals surface area contributed by atoms with Crippen molar-refractivity contribution in [2.24, 2.45) is 0 Å². The summed E-state index contributed by atoms with van der Waals surface area (Å²) in [5.41, 5.74) is 4.90. The standard InChI is InChI=1S/C14H15NO/c1-9-3-5-11-13(7-9)16-14-8-10(2)4-6-12(14)15-11/h3,5,7-8,15H,4,6H2,1-2H3. The van der Waals surface area contributed by atoms with Gasteiger partial charge < -0.3 is 10.1 Å². The maximum atomic E-state index is 5.93. The number of fused-ring (bicyclic) bond motifs is 1. The van der Waals surface area contributed by atoms with Crippen LogP contribution in [0.2, 0.25) is 0 Å². The van der Waals surface area contributed by atoms with E-state index in [1.54, 1.807) is 0 Å². The predicted molar refractivity (Wildman–Crippen MR) is 65.4 cm³/mol. The minimum atomic E-state index is 0.935. The van der Waals surface area contributed by atoms with Crippen LogP contribution in [0.1, 0.15) is 25.3 Å². The van der Waals surface area contributed by atoms with Crippen LogP contribution in [-0.4, -0.2) is 0 Å². The Hall–Kier alpha value is -1.70. The van der Waals surface area contributed by atoms with Crippen LogP contribution in [-0.2, 0) is 0 Å². The van der Waals surface area contributed by atoms with Gasteiger partial charge in [0.1, 0.15) is 5.76 Å². The smallest absolute Gasteiger partial charge is 0.151 e. The lowest BCUT2D eigenvalue weighted by Crippen LogP contribution is -2.16. The minimum absolute atomic E-state index is 0.935. The largest absolute Gasteiger partial charge is 0.453 e. The third-order valence-electron chi connectivity index (χ3n) is 3.09. The van der Waals surface area contributed by atoms with Crippen LogP contribution in [0.25, 0.3) is 0 Å². The second-order valence-corrected chi connectivity index (χ2v) is 4.56. The van der Waals surface area contributed by atoms with E-state index < -0.39 is 0 Å². The van der Waals surface area contributed by atoms with Gasteiger partial charge in [0.05, 0.1) is 11.4 Å². The van der Waals surface area contributed by atoms with Gasteiger partial charge in [0.2, 0.25) is 0 Å². The maximum Gasteiger partial charge on any atom is 0.151 e. The van der Waals surface area contributed by atoms with Crippen LogP contribution in [0.15, 0.2) is 41.3 Å². The van der Waals surface area contributed by atoms with Crippen LogP contribution in [0.5, 0.6) is 5.75 Å². The molecule has 1 aromatic rings. The van der Waals surface area contributed by atoms with Crippen LogP contribution >= 0.6 is 0 Å². The van der Waals surface area contributed by atoms with Crippen LogP contribution in [0.3, 0.4) is 0 Å². The van der Waals surface area contributed by atoms with Crippen molar-refractivity contribution in [2.45, 2.75) is 26.7 Å². The number of hydrogen-bond donors (Lipinski definition) is 1. The molecular weight excluding hydrogens is 198 g/mol. The van der Waals surface area contributed by atoms with E-state index in [4.69, 9.17) is 4.74 Å². The molecule has 0 radical (unpaired) electrons. The van der Waals surface area contributed by atoms with E-state index in [1.807, 2.05) is 0 Å². The van der Waals surface area contributed by atoms with Gasteiger partial charge in [-0.15, -0.1) is 0 Å². The van der Waals surface area contributed by atoms with Crippen LogP contribution < -0.4 is 10.1 Å². The molecule has 2 aliphatic rings. The zero-order valence-electron chi connectivity index (χ0n) is 9.63. The summed E-state index contributed by atoms with van der Waals surface area (Å²) in [6, 6.07) is 6.26. The molecule has 0 bridgehead atoms. The third kappa shape index (κ3) is 1.51. The Morgan fingerprint density at radius 3 is 2.94 bits per heavy atom. The van der Waals surface area contributed by atoms with Gasteiger partial charge in [-0.05, 0) is 50.5 Å². The molecule has 1 aliphatic heterocycles. The highest BCUT2D eigenvalue weighted by molar-refractivity contribution is 5.65. The quantitative estimate of drug-likeness (QED) is 0.708. The van der Waals surface area contributed by atoms with E-state index >= 15 is 0 Å². The molecule has 2 heteroatoms. The first kappa shape index (κ1) is 9.52. The van der Waals surface area contributed by atoms with Crippen molar-refractivity contribution in [1.82, 2.24) is 0 Å². The molecule has 0 saturated heterocycles. The summed E-state index contributed by atoms with van der Waals surface area (Å²) in [5.74, 6) is 1.92. The highest BCUT2D eigenvalue weighted by Gasteiger charge is 2.20. The fraction of sp³-hybridized carbons (Fsp3) is 0.286. The van der Waals surface area contributed by atoms with Crippen molar-refractivity contribution in [3.8, 4) is 5.75 Å². The molecule has 1 heterocycles. The molecule has 1 aromatic carbocycles. The fourth-order valence-corrected chi connectivity index (χ4v) is 2.14. The summed E-state index contributed by atoms with van der Waals surface area (Å²) >= 11 is 0. The topological polar surface area (TPSA) is 21.3 Å². The number of aryl methyl sites for hydroxylation is 1. The minimum Gasteiger partial charge on any atom is -0.453 e. The first-order chi connectivity index (χ1) is 7.72. The summed E-state index contributed by atoms with van der Waals surface area (Å²) < 4.78 is 5.93. The molecule has 82 valence electrons. The Kier molecular flexibility index (Phi) is 2.03. The Morgan fingerprint density at radius 1 is 1.19 bits per heavy atom. The van der Waals surface area contributed by atoms with E-state index in [9.17, 15) is 0 Å². The molecule has 1 N–H and O–H groups in total. The number of allylic oxidation sites excluding steroid dienone is 3. The van der Waals surface area contributed by atoms with E-state index in [2.05, 4.69) is 43.4 Å². The summed E-state index contributed by atoms with van der Waals surface area (Å²) in [4.78, 5) is 0. The molecule has 0 atom stereocenters. The summed E-state index contributed by atoms with van der Waals surface area (Å²) in [6.07, 6.45) is 4.30. The lowest BCUT2D eigenvalue weighted by molar-refractivity contribution is 0.425. The number of ether oxygens (including phenoxy) is 1. The molecule has 16 heavy (non-hydrogen) atoms. The van der Waals surface area contributed by atoms with E-state index in [-0.39, 0.29) is 0 Å². The Morgan fingerprint density at radius 2 is 2.06 bits per heavy atom. The van der Waals surface area contributed by atoms with Crippen molar-refractivity contribution in [2.75, 3.05) is 5.32 Å². The van der Waals surface area contributed by atoms with E-state index in [0.717, 1.165) is 30.0 Å². The number of hydrogen-bond acceptors (Lipinski definition) is 2. The first-order valence-electron chi connectivity index (χ1n) is 5.68. The zero-order valence-corrected chi connectivity index (χ0v) is 9.63. The molecule has 0 unspecified atom stereocenters. The monoisotopic (exact) mass is 213 g/mol. The van der Waals surface area contributed by atoms with Gasteiger partial charge in [0.15, 0.2) is 5.75 Å². The molecule has 2 nitrogen and oxygen atoms in total. The number of rotatable bonds is 0. The number of anilines is 1. The van der Waals surface area contributed by atoms with E-state index in [1.165, 1.54) is 16.8 Å². The normalized spacial score (nSPS) is 18.0. The van der Waals surface area contributed by atoms with Gasteiger partial charge >= 0.3 is 0 Å². The molecule has 0 saturated carbocycles. The third-order valence-corrected chi connectivity index (χ3v) is 3.09. The lowest BCUT2D eigenvalue weighted by Gasteiger charge is -2.26. The summed E-state index contributed by atoms with van der Waals surface area (Å²) in [7, 11) is 0. The lowest BCUT2D eigenvalue weighted by atomic mass is 10.0. The molecule has 1 aliphatic carbocycles. The average Bonchev–Trinajstić information content (AvgIpc) is 2.26. The molecule has 3 rings (SSSR count). The predicted octanol–water partition coefficient (Wildman–Crippen LogP) is 3.75. The second-order valence-electron chi connectivity index (χ2n) is 4.56. The SMILES string of the molecule is CC1=CC2=C(CC1)Nc1ccc(C)cc1O2. The van der Waals surface area contributed by atoms with Crippen LogP contribution in [0.4, 0.5) is 5.69 Å². The van der Waals surface area contributed by atoms with Crippen molar-refractivity contribution < 1.29 is 4.74 Å². The molecule has 0 aromatic heterocycles. The number of nitrogens with one attached hydrogen (secondary N) is 1. The molecular formula is C14H15NO. The molecule has 0 spiro atoms. The Balaban J connectivity index is 2.02. The second kappa shape index (κ2) is 3.41. The van der Waals surface area contributed by atoms with Crippen molar-refractivity contribution >= 4 is 5.69 Å². The molecule has 0 fully saturated rings. The molecule has 0 amide bonds. The van der Waals surface area contributed by atoms with Gasteiger partial charge in [0, 0.05) is 0 Å². The summed E-state index contributed by atoms with van der Waals surface area (Å²) in [5, 5.41) is 3.46. The Bertz CT molecular complexity index is 511. The van der Waals surface area contributed by atoms with Gasteiger partial charge in [-0.3, -0.25) is 0 Å². The van der Waals surface area contributed by atoms with Crippen molar-refractivity contribution in [1.29, 1.82) is 0 Å². The van der Waals surface area contributed by atoms with Gasteiger partial charge in [0.25, 0.3) is 0 Å².